The van der Waals surface area contributed by atoms with Gasteiger partial charge >= 0.3 is 11.9 Å². The van der Waals surface area contributed by atoms with Crippen molar-refractivity contribution < 1.29 is 32.2 Å². The maximum absolute atomic E-state index is 14.0. The summed E-state index contributed by atoms with van der Waals surface area (Å²) in [6.45, 7) is 11.7. The van der Waals surface area contributed by atoms with Crippen molar-refractivity contribution >= 4 is 22.0 Å². The Morgan fingerprint density at radius 3 is 2.30 bits per heavy atom. The molecule has 0 unspecified atom stereocenters. The Kier molecular flexibility index (Phi) is 7.31. The number of methoxy groups -OCH3 is 1. The number of ether oxygens (including phenoxy) is 3. The highest BCUT2D eigenvalue weighted by atomic mass is 32.2. The highest BCUT2D eigenvalue weighted by molar-refractivity contribution is 7.89. The summed E-state index contributed by atoms with van der Waals surface area (Å²) in [5.74, 6) is -3.00. The number of carbonyl (C=O) groups excluding carboxylic acids is 2. The molecule has 2 aliphatic carbocycles. The number of hydrogen-bond donors (Lipinski definition) is 0. The highest BCUT2D eigenvalue weighted by Gasteiger charge is 2.78. The smallest absolute Gasteiger partial charge is 0.338 e. The predicted octanol–water partition coefficient (Wildman–Crippen LogP) is 4.25. The molecule has 2 bridgehead atoms. The van der Waals surface area contributed by atoms with Crippen molar-refractivity contribution in [1.82, 2.24) is 4.31 Å². The van der Waals surface area contributed by atoms with Gasteiger partial charge in [0.05, 0.1) is 24.7 Å². The first kappa shape index (κ1) is 28.0. The topological polar surface area (TPSA) is 99.2 Å². The van der Waals surface area contributed by atoms with Gasteiger partial charge in [-0.1, -0.05) is 44.2 Å². The van der Waals surface area contributed by atoms with Crippen molar-refractivity contribution in [2.45, 2.75) is 97.1 Å². The van der Waals surface area contributed by atoms with Gasteiger partial charge in [-0.2, -0.15) is 4.31 Å². The van der Waals surface area contributed by atoms with Crippen molar-refractivity contribution in [2.75, 3.05) is 12.9 Å². The number of carbonyl (C=O) groups is 2. The Morgan fingerprint density at radius 1 is 1.14 bits per heavy atom. The normalized spacial score (nSPS) is 31.5. The Morgan fingerprint density at radius 2 is 1.76 bits per heavy atom. The Hall–Kier alpha value is -1.97. The van der Waals surface area contributed by atoms with Gasteiger partial charge in [-0.25, -0.2) is 13.2 Å². The third-order valence-electron chi connectivity index (χ3n) is 9.21. The van der Waals surface area contributed by atoms with Crippen LogP contribution in [0.5, 0.6) is 0 Å². The second kappa shape index (κ2) is 9.65. The Labute approximate surface area is 221 Å². The molecule has 0 amide bonds. The Balaban J connectivity index is 1.76. The van der Waals surface area contributed by atoms with Crippen molar-refractivity contribution in [2.24, 2.45) is 16.7 Å². The molecule has 1 saturated heterocycles. The molecule has 1 aliphatic heterocycles. The average molecular weight is 536 g/mol. The maximum atomic E-state index is 14.0. The predicted molar refractivity (Wildman–Crippen MR) is 139 cm³/mol. The van der Waals surface area contributed by atoms with Crippen LogP contribution in [0.1, 0.15) is 78.7 Å². The van der Waals surface area contributed by atoms with Gasteiger partial charge in [0.2, 0.25) is 15.8 Å². The molecule has 8 nitrogen and oxygen atoms in total. The molecule has 0 radical (unpaired) electrons. The fraction of sp³-hybridized carbons (Fsp3) is 0.714. The molecule has 3 fully saturated rings. The fourth-order valence-corrected chi connectivity index (χ4v) is 10.2. The first-order valence-corrected chi connectivity index (χ1v) is 14.9. The van der Waals surface area contributed by atoms with Crippen LogP contribution >= 0.6 is 0 Å². The highest BCUT2D eigenvalue weighted by Crippen LogP contribution is 2.73. The molecule has 2 saturated carbocycles. The average Bonchev–Trinajstić information content (AvgIpc) is 3.31. The lowest BCUT2D eigenvalue weighted by Gasteiger charge is -2.47. The van der Waals surface area contributed by atoms with E-state index in [2.05, 4.69) is 13.8 Å². The van der Waals surface area contributed by atoms with Crippen molar-refractivity contribution in [3.05, 3.63) is 35.9 Å². The van der Waals surface area contributed by atoms with Gasteiger partial charge in [-0.15, -0.1) is 0 Å². The van der Waals surface area contributed by atoms with E-state index in [0.29, 0.717) is 12.8 Å². The second-order valence-corrected chi connectivity index (χ2v) is 13.9. The summed E-state index contributed by atoms with van der Waals surface area (Å²) in [6, 6.07) is 8.84. The standard InChI is InChI=1S/C28H41NO7S/c1-18(2)29(19(3)4)37(32,33)17-27-14-13-21(26(27,5)6)16-28(27)35-24(25(31)36-28)22(15-23(30)34-7)20-11-9-8-10-12-20/h8-12,18-19,21-22,24H,13-17H2,1-7H3/t21-,22-,24-,27+,28+/m1/s1. The molecule has 1 aromatic rings. The van der Waals surface area contributed by atoms with Crippen LogP contribution in [-0.4, -0.2) is 61.5 Å². The largest absolute Gasteiger partial charge is 0.469 e. The SMILES string of the molecule is COC(=O)C[C@H](c1ccccc1)[C@H]1O[C@@]2(C[C@H]3CC[C@]2(CS(=O)(=O)N(C(C)C)C(C)C)C3(C)C)OC1=O. The van der Waals surface area contributed by atoms with Crippen LogP contribution < -0.4 is 0 Å². The summed E-state index contributed by atoms with van der Waals surface area (Å²) in [6.07, 6.45) is 0.788. The number of nitrogens with zero attached hydrogens (tertiary/aromatic N) is 1. The summed E-state index contributed by atoms with van der Waals surface area (Å²) in [5, 5.41) is 0. The van der Waals surface area contributed by atoms with E-state index in [4.69, 9.17) is 14.2 Å². The summed E-state index contributed by atoms with van der Waals surface area (Å²) < 4.78 is 47.2. The molecule has 1 spiro atoms. The monoisotopic (exact) mass is 535 g/mol. The number of benzene rings is 1. The van der Waals surface area contributed by atoms with Gasteiger partial charge in [0.15, 0.2) is 6.10 Å². The van der Waals surface area contributed by atoms with E-state index in [1.54, 1.807) is 4.31 Å². The number of hydrogen-bond acceptors (Lipinski definition) is 7. The van der Waals surface area contributed by atoms with Gasteiger partial charge in [0.1, 0.15) is 0 Å². The lowest BCUT2D eigenvalue weighted by molar-refractivity contribution is -0.243. The minimum absolute atomic E-state index is 0.0526. The van der Waals surface area contributed by atoms with Crippen LogP contribution in [-0.2, 0) is 33.8 Å². The molecule has 206 valence electrons. The molecule has 0 N–H and O–H groups in total. The van der Waals surface area contributed by atoms with Gasteiger partial charge < -0.3 is 14.2 Å². The quantitative estimate of drug-likeness (QED) is 0.436. The van der Waals surface area contributed by atoms with E-state index < -0.39 is 50.6 Å². The van der Waals surface area contributed by atoms with E-state index in [-0.39, 0.29) is 30.2 Å². The van der Waals surface area contributed by atoms with Crippen molar-refractivity contribution in [3.63, 3.8) is 0 Å². The van der Waals surface area contributed by atoms with E-state index in [9.17, 15) is 18.0 Å². The van der Waals surface area contributed by atoms with E-state index >= 15 is 0 Å². The van der Waals surface area contributed by atoms with Gasteiger partial charge in [0.25, 0.3) is 0 Å². The first-order valence-electron chi connectivity index (χ1n) is 13.2. The lowest BCUT2D eigenvalue weighted by atomic mass is 9.68. The molecule has 0 aromatic heterocycles. The second-order valence-electron chi connectivity index (χ2n) is 12.0. The van der Waals surface area contributed by atoms with Crippen molar-refractivity contribution in [1.29, 1.82) is 0 Å². The van der Waals surface area contributed by atoms with Crippen LogP contribution in [0.4, 0.5) is 0 Å². The number of rotatable bonds is 9. The number of sulfonamides is 1. The van der Waals surface area contributed by atoms with Crippen LogP contribution in [0.2, 0.25) is 0 Å². The zero-order valence-electron chi connectivity index (χ0n) is 23.0. The van der Waals surface area contributed by atoms with E-state index in [0.717, 1.165) is 12.0 Å². The molecule has 4 rings (SSSR count). The molecule has 1 aromatic carbocycles. The first-order chi connectivity index (χ1) is 17.2. The molecule has 1 heterocycles. The third kappa shape index (κ3) is 4.40. The van der Waals surface area contributed by atoms with Crippen LogP contribution in [0.25, 0.3) is 0 Å². The van der Waals surface area contributed by atoms with Crippen molar-refractivity contribution in [3.8, 4) is 0 Å². The van der Waals surface area contributed by atoms with Crippen LogP contribution in [0.15, 0.2) is 30.3 Å². The van der Waals surface area contributed by atoms with E-state index in [1.165, 1.54) is 7.11 Å². The lowest BCUT2D eigenvalue weighted by Crippen LogP contribution is -2.57. The number of esters is 2. The molecule has 3 aliphatic rings. The molecule has 9 heteroatoms. The maximum Gasteiger partial charge on any atom is 0.338 e. The Bertz CT molecular complexity index is 1120. The summed E-state index contributed by atoms with van der Waals surface area (Å²) in [4.78, 5) is 25.8. The van der Waals surface area contributed by atoms with Crippen LogP contribution in [0.3, 0.4) is 0 Å². The number of fused-ring (bicyclic) bond motifs is 3. The minimum atomic E-state index is -3.73. The third-order valence-corrected chi connectivity index (χ3v) is 11.6. The zero-order valence-corrected chi connectivity index (χ0v) is 23.8. The van der Waals surface area contributed by atoms with Gasteiger partial charge in [-0.05, 0) is 57.4 Å². The molecular formula is C28H41NO7S. The van der Waals surface area contributed by atoms with Crippen LogP contribution in [0, 0.1) is 16.7 Å². The van der Waals surface area contributed by atoms with Gasteiger partial charge in [0, 0.05) is 24.4 Å². The molecular weight excluding hydrogens is 494 g/mol. The van der Waals surface area contributed by atoms with E-state index in [1.807, 2.05) is 58.0 Å². The summed E-state index contributed by atoms with van der Waals surface area (Å²) >= 11 is 0. The fourth-order valence-electron chi connectivity index (χ4n) is 7.45. The zero-order chi connectivity index (χ0) is 27.4. The molecule has 37 heavy (non-hydrogen) atoms. The minimum Gasteiger partial charge on any atom is -0.469 e. The molecule has 5 atom stereocenters. The summed E-state index contributed by atoms with van der Waals surface area (Å²) in [7, 11) is -2.41. The summed E-state index contributed by atoms with van der Waals surface area (Å²) in [5.41, 5.74) is -0.580. The van der Waals surface area contributed by atoms with Gasteiger partial charge in [-0.3, -0.25) is 4.79 Å².